The maximum Gasteiger partial charge on any atom is 0.435 e. The molecular formula is C27H23F7N2O3. The summed E-state index contributed by atoms with van der Waals surface area (Å²) in [6.45, 7) is 1.97. The van der Waals surface area contributed by atoms with E-state index in [0.717, 1.165) is 13.8 Å². The van der Waals surface area contributed by atoms with Crippen LogP contribution in [0.25, 0.3) is 0 Å². The van der Waals surface area contributed by atoms with Gasteiger partial charge in [-0.2, -0.15) is 26.3 Å². The lowest BCUT2D eigenvalue weighted by Gasteiger charge is -2.31. The van der Waals surface area contributed by atoms with Crippen LogP contribution in [0.15, 0.2) is 60.7 Å². The number of carbonyl (C=O) groups is 3. The van der Waals surface area contributed by atoms with E-state index >= 15 is 0 Å². The zero-order valence-corrected chi connectivity index (χ0v) is 20.7. The highest BCUT2D eigenvalue weighted by Crippen LogP contribution is 2.53. The highest BCUT2D eigenvalue weighted by Gasteiger charge is 2.73. The fourth-order valence-corrected chi connectivity index (χ4v) is 4.21. The number of amides is 2. The summed E-state index contributed by atoms with van der Waals surface area (Å²) < 4.78 is 93.7. The summed E-state index contributed by atoms with van der Waals surface area (Å²) in [6.07, 6.45) is -4.67. The zero-order chi connectivity index (χ0) is 29.2. The number of nitrogens with one attached hydrogen (secondary N) is 1. The molecule has 39 heavy (non-hydrogen) atoms. The third kappa shape index (κ3) is 5.89. The molecule has 1 aliphatic carbocycles. The first-order chi connectivity index (χ1) is 18.1. The van der Waals surface area contributed by atoms with Crippen molar-refractivity contribution < 1.29 is 45.1 Å². The van der Waals surface area contributed by atoms with Crippen LogP contribution in [-0.2, 0) is 15.3 Å². The van der Waals surface area contributed by atoms with Gasteiger partial charge in [0.15, 0.2) is 0 Å². The van der Waals surface area contributed by atoms with E-state index in [1.165, 1.54) is 29.2 Å². The van der Waals surface area contributed by atoms with Crippen LogP contribution in [0, 0.1) is 19.8 Å². The van der Waals surface area contributed by atoms with Crippen LogP contribution in [0.5, 0.6) is 0 Å². The first-order valence-electron chi connectivity index (χ1n) is 11.6. The second kappa shape index (κ2) is 11.0. The van der Waals surface area contributed by atoms with Gasteiger partial charge < -0.3 is 15.0 Å². The average molecular weight is 556 g/mol. The number of rotatable bonds is 7. The summed E-state index contributed by atoms with van der Waals surface area (Å²) in [4.78, 5) is 38.4. The Balaban J connectivity index is 1.92. The molecule has 0 spiro atoms. The SMILES string of the molecule is Cc1cc(C(F)(C(F)(F)F)C(F)(F)F)cc(C)c1NC(=O)c1cccc(N(CC=O)C(=O)C2C=CC=CC2)c1. The van der Waals surface area contributed by atoms with Crippen LogP contribution < -0.4 is 10.2 Å². The van der Waals surface area contributed by atoms with E-state index in [1.807, 2.05) is 0 Å². The molecule has 1 atom stereocenters. The second-order valence-electron chi connectivity index (χ2n) is 8.91. The van der Waals surface area contributed by atoms with Crippen molar-refractivity contribution in [1.82, 2.24) is 0 Å². The van der Waals surface area contributed by atoms with E-state index in [-0.39, 0.29) is 40.5 Å². The van der Waals surface area contributed by atoms with Gasteiger partial charge >= 0.3 is 18.0 Å². The van der Waals surface area contributed by atoms with E-state index in [4.69, 9.17) is 0 Å². The number of carbonyl (C=O) groups excluding carboxylic acids is 3. The van der Waals surface area contributed by atoms with Gasteiger partial charge in [-0.15, -0.1) is 0 Å². The normalized spacial score (nSPS) is 15.7. The number of allylic oxidation sites excluding steroid dienone is 3. The Kier molecular flexibility index (Phi) is 8.37. The third-order valence-corrected chi connectivity index (χ3v) is 6.19. The van der Waals surface area contributed by atoms with Crippen LogP contribution in [0.1, 0.15) is 33.5 Å². The van der Waals surface area contributed by atoms with Gasteiger partial charge in [-0.1, -0.05) is 42.5 Å². The number of hydrogen-bond donors (Lipinski definition) is 1. The number of aryl methyl sites for hydroxylation is 2. The Morgan fingerprint density at radius 3 is 2.10 bits per heavy atom. The van der Waals surface area contributed by atoms with Crippen molar-refractivity contribution in [1.29, 1.82) is 0 Å². The maximum absolute atomic E-state index is 14.5. The number of benzene rings is 2. The molecule has 0 aliphatic heterocycles. The lowest BCUT2D eigenvalue weighted by molar-refractivity contribution is -0.348. The Bertz CT molecular complexity index is 1290. The molecule has 1 unspecified atom stereocenters. The highest BCUT2D eigenvalue weighted by atomic mass is 19.4. The van der Waals surface area contributed by atoms with E-state index < -0.39 is 35.4 Å². The standard InChI is InChI=1S/C27H23F7N2O3/c1-16-13-20(25(28,26(29,30)31)27(32,33)34)14-17(2)22(16)35-23(38)19-9-6-10-21(15-19)36(11-12-37)24(39)18-7-4-3-5-8-18/h3-7,9-10,12-15,18H,8,11H2,1-2H3,(H,35,38). The smallest absolute Gasteiger partial charge is 0.322 e. The van der Waals surface area contributed by atoms with Crippen molar-refractivity contribution in [3.05, 3.63) is 83.0 Å². The van der Waals surface area contributed by atoms with Crippen molar-refractivity contribution in [2.45, 2.75) is 38.3 Å². The molecule has 0 saturated heterocycles. The molecule has 1 aliphatic rings. The molecule has 2 aromatic carbocycles. The molecular weight excluding hydrogens is 533 g/mol. The number of hydrogen-bond acceptors (Lipinski definition) is 3. The quantitative estimate of drug-likeness (QED) is 0.313. The minimum Gasteiger partial charge on any atom is -0.322 e. The van der Waals surface area contributed by atoms with E-state index in [2.05, 4.69) is 5.32 Å². The number of aldehydes is 1. The Morgan fingerprint density at radius 1 is 0.974 bits per heavy atom. The summed E-state index contributed by atoms with van der Waals surface area (Å²) in [5, 5.41) is 2.42. The Hall–Kier alpha value is -3.96. The first kappa shape index (κ1) is 29.6. The van der Waals surface area contributed by atoms with Crippen LogP contribution in [0.4, 0.5) is 42.1 Å². The summed E-state index contributed by atoms with van der Waals surface area (Å²) in [6, 6.07) is 6.40. The van der Waals surface area contributed by atoms with Crippen molar-refractivity contribution in [2.24, 2.45) is 5.92 Å². The first-order valence-corrected chi connectivity index (χ1v) is 11.6. The summed E-state index contributed by atoms with van der Waals surface area (Å²) in [5.41, 5.74) is -7.63. The van der Waals surface area contributed by atoms with Gasteiger partial charge in [-0.3, -0.25) is 9.59 Å². The number of halogens is 7. The molecule has 208 valence electrons. The zero-order valence-electron chi connectivity index (χ0n) is 20.7. The Morgan fingerprint density at radius 2 is 1.59 bits per heavy atom. The predicted molar refractivity (Wildman–Crippen MR) is 130 cm³/mol. The molecule has 2 amide bonds. The molecule has 2 aromatic rings. The molecule has 0 bridgehead atoms. The average Bonchev–Trinajstić information content (AvgIpc) is 2.87. The summed E-state index contributed by atoms with van der Waals surface area (Å²) in [7, 11) is 0. The topological polar surface area (TPSA) is 66.5 Å². The minimum absolute atomic E-state index is 0.0106. The van der Waals surface area contributed by atoms with Crippen LogP contribution in [0.3, 0.4) is 0 Å². The molecule has 3 rings (SSSR count). The van der Waals surface area contributed by atoms with Crippen LogP contribution in [0.2, 0.25) is 0 Å². The Labute approximate surface area is 219 Å². The van der Waals surface area contributed by atoms with Gasteiger partial charge in [-0.25, -0.2) is 4.39 Å². The summed E-state index contributed by atoms with van der Waals surface area (Å²) >= 11 is 0. The molecule has 0 heterocycles. The number of alkyl halides is 7. The van der Waals surface area contributed by atoms with Gasteiger partial charge in [0, 0.05) is 22.5 Å². The van der Waals surface area contributed by atoms with E-state index in [0.29, 0.717) is 24.8 Å². The second-order valence-corrected chi connectivity index (χ2v) is 8.91. The van der Waals surface area contributed by atoms with Gasteiger partial charge in [-0.05, 0) is 49.6 Å². The number of nitrogens with zero attached hydrogens (tertiary/aromatic N) is 1. The van der Waals surface area contributed by atoms with E-state index in [1.54, 1.807) is 24.3 Å². The molecule has 5 nitrogen and oxygen atoms in total. The number of anilines is 2. The fourth-order valence-electron chi connectivity index (χ4n) is 4.21. The molecule has 1 N–H and O–H groups in total. The van der Waals surface area contributed by atoms with Crippen molar-refractivity contribution in [3.8, 4) is 0 Å². The van der Waals surface area contributed by atoms with Gasteiger partial charge in [0.25, 0.3) is 5.91 Å². The molecule has 12 heteroatoms. The van der Waals surface area contributed by atoms with Gasteiger partial charge in [0.05, 0.1) is 12.5 Å². The monoisotopic (exact) mass is 556 g/mol. The van der Waals surface area contributed by atoms with Crippen LogP contribution in [-0.4, -0.2) is 37.0 Å². The highest BCUT2D eigenvalue weighted by molar-refractivity contribution is 6.06. The van der Waals surface area contributed by atoms with Crippen molar-refractivity contribution in [3.63, 3.8) is 0 Å². The fraction of sp³-hybridized carbons (Fsp3) is 0.296. The molecule has 0 saturated carbocycles. The lowest BCUT2D eigenvalue weighted by Crippen LogP contribution is -2.50. The van der Waals surface area contributed by atoms with Crippen LogP contribution >= 0.6 is 0 Å². The largest absolute Gasteiger partial charge is 0.435 e. The van der Waals surface area contributed by atoms with E-state index in [9.17, 15) is 45.1 Å². The molecule has 0 aromatic heterocycles. The van der Waals surface area contributed by atoms with Gasteiger partial charge in [0.1, 0.15) is 6.29 Å². The lowest BCUT2D eigenvalue weighted by atomic mass is 9.90. The van der Waals surface area contributed by atoms with Crippen molar-refractivity contribution in [2.75, 3.05) is 16.8 Å². The van der Waals surface area contributed by atoms with Crippen molar-refractivity contribution >= 4 is 29.5 Å². The minimum atomic E-state index is -6.27. The summed E-state index contributed by atoms with van der Waals surface area (Å²) in [5.74, 6) is -1.70. The van der Waals surface area contributed by atoms with Gasteiger partial charge in [0.2, 0.25) is 5.91 Å². The third-order valence-electron chi connectivity index (χ3n) is 6.19. The molecule has 0 radical (unpaired) electrons. The maximum atomic E-state index is 14.5. The molecule has 0 fully saturated rings. The predicted octanol–water partition coefficient (Wildman–Crippen LogP) is 6.51.